The molecule has 1 aliphatic heterocycles. The van der Waals surface area contributed by atoms with Crippen molar-refractivity contribution >= 4 is 21.6 Å². The van der Waals surface area contributed by atoms with E-state index >= 15 is 0 Å². The normalized spacial score (nSPS) is 23.5. The van der Waals surface area contributed by atoms with E-state index in [4.69, 9.17) is 4.74 Å². The standard InChI is InChI=1S/C24H30N2O4S/c1-16-8-4-6-10-20(16)25-31(28,29)23-15-19(12-13-22(23)30-3)24(27)26-17(2)14-18-9-5-7-11-21(18)26/h5,7,9,11-13,15-17,20,25H,4,6,8,10,14H2,1-3H3. The number of nitrogens with one attached hydrogen (secondary N) is 1. The highest BCUT2D eigenvalue weighted by molar-refractivity contribution is 7.89. The number of ether oxygens (including phenoxy) is 1. The molecule has 1 aliphatic carbocycles. The number of rotatable bonds is 5. The molecule has 0 bridgehead atoms. The van der Waals surface area contributed by atoms with Crippen LogP contribution >= 0.6 is 0 Å². The first-order valence-electron chi connectivity index (χ1n) is 10.9. The maximum atomic E-state index is 13.4. The van der Waals surface area contributed by atoms with Crippen LogP contribution in [0.25, 0.3) is 0 Å². The Balaban J connectivity index is 1.67. The summed E-state index contributed by atoms with van der Waals surface area (Å²) in [4.78, 5) is 15.2. The predicted molar refractivity (Wildman–Crippen MR) is 121 cm³/mol. The second-order valence-corrected chi connectivity index (χ2v) is 10.4. The summed E-state index contributed by atoms with van der Waals surface area (Å²) in [5.41, 5.74) is 2.34. The summed E-state index contributed by atoms with van der Waals surface area (Å²) in [6.45, 7) is 4.08. The molecule has 166 valence electrons. The molecule has 2 aromatic rings. The molecule has 7 heteroatoms. The summed E-state index contributed by atoms with van der Waals surface area (Å²) in [6.07, 6.45) is 4.75. The molecule has 0 radical (unpaired) electrons. The first-order valence-corrected chi connectivity index (χ1v) is 12.4. The third-order valence-corrected chi connectivity index (χ3v) is 8.06. The van der Waals surface area contributed by atoms with E-state index in [2.05, 4.69) is 11.6 Å². The third kappa shape index (κ3) is 4.21. The number of hydrogen-bond donors (Lipinski definition) is 1. The van der Waals surface area contributed by atoms with Crippen LogP contribution in [0.15, 0.2) is 47.4 Å². The molecule has 0 aromatic heterocycles. The van der Waals surface area contributed by atoms with Gasteiger partial charge in [-0.05, 0) is 61.9 Å². The van der Waals surface area contributed by atoms with Crippen molar-refractivity contribution in [3.63, 3.8) is 0 Å². The second kappa shape index (κ2) is 8.63. The minimum Gasteiger partial charge on any atom is -0.495 e. The Labute approximate surface area is 184 Å². The Morgan fingerprint density at radius 2 is 1.84 bits per heavy atom. The van der Waals surface area contributed by atoms with Gasteiger partial charge < -0.3 is 9.64 Å². The maximum absolute atomic E-state index is 13.4. The molecule has 3 unspecified atom stereocenters. The summed E-state index contributed by atoms with van der Waals surface area (Å²) in [5, 5.41) is 0. The van der Waals surface area contributed by atoms with Crippen molar-refractivity contribution in [1.29, 1.82) is 0 Å². The van der Waals surface area contributed by atoms with Gasteiger partial charge in [-0.3, -0.25) is 4.79 Å². The van der Waals surface area contributed by atoms with E-state index in [-0.39, 0.29) is 34.6 Å². The van der Waals surface area contributed by atoms with E-state index < -0.39 is 10.0 Å². The molecule has 1 N–H and O–H groups in total. The molecule has 0 saturated heterocycles. The molecular formula is C24H30N2O4S. The Hall–Kier alpha value is -2.38. The number of methoxy groups -OCH3 is 1. The van der Waals surface area contributed by atoms with Gasteiger partial charge in [0.25, 0.3) is 5.91 Å². The number of para-hydroxylation sites is 1. The van der Waals surface area contributed by atoms with Gasteiger partial charge in [0, 0.05) is 23.3 Å². The molecule has 1 saturated carbocycles. The largest absolute Gasteiger partial charge is 0.495 e. The second-order valence-electron chi connectivity index (χ2n) is 8.71. The Morgan fingerprint density at radius 3 is 2.58 bits per heavy atom. The number of sulfonamides is 1. The summed E-state index contributed by atoms with van der Waals surface area (Å²) < 4.78 is 34.7. The van der Waals surface area contributed by atoms with Crippen LogP contribution in [-0.4, -0.2) is 33.5 Å². The summed E-state index contributed by atoms with van der Waals surface area (Å²) in [5.74, 6) is 0.311. The number of anilines is 1. The van der Waals surface area contributed by atoms with Gasteiger partial charge in [-0.2, -0.15) is 0 Å². The molecule has 3 atom stereocenters. The first kappa shape index (κ1) is 21.8. The Morgan fingerprint density at radius 1 is 1.10 bits per heavy atom. The lowest BCUT2D eigenvalue weighted by atomic mass is 9.87. The molecule has 2 aromatic carbocycles. The lowest BCUT2D eigenvalue weighted by Gasteiger charge is -2.29. The van der Waals surface area contributed by atoms with Crippen LogP contribution in [0, 0.1) is 5.92 Å². The summed E-state index contributed by atoms with van der Waals surface area (Å²) in [6, 6.07) is 12.4. The van der Waals surface area contributed by atoms with Crippen molar-refractivity contribution in [1.82, 2.24) is 4.72 Å². The van der Waals surface area contributed by atoms with Gasteiger partial charge in [0.15, 0.2) is 0 Å². The third-order valence-electron chi connectivity index (χ3n) is 6.54. The van der Waals surface area contributed by atoms with E-state index in [1.54, 1.807) is 17.0 Å². The number of benzene rings is 2. The van der Waals surface area contributed by atoms with E-state index in [1.807, 2.05) is 31.2 Å². The minimum atomic E-state index is -3.83. The zero-order valence-corrected chi connectivity index (χ0v) is 19.1. The van der Waals surface area contributed by atoms with Crippen molar-refractivity contribution < 1.29 is 17.9 Å². The minimum absolute atomic E-state index is 0.00766. The molecule has 1 amide bonds. The number of carbonyl (C=O) groups excluding carboxylic acids is 1. The SMILES string of the molecule is COc1ccc(C(=O)N2c3ccccc3CC2C)cc1S(=O)(=O)NC1CCCCC1C. The molecular weight excluding hydrogens is 412 g/mol. The van der Waals surface area contributed by atoms with Crippen molar-refractivity contribution in [2.45, 2.75) is 62.9 Å². The van der Waals surface area contributed by atoms with Crippen molar-refractivity contribution in [2.75, 3.05) is 12.0 Å². The average Bonchev–Trinajstić information content (AvgIpc) is 3.10. The summed E-state index contributed by atoms with van der Waals surface area (Å²) in [7, 11) is -2.39. The molecule has 31 heavy (non-hydrogen) atoms. The van der Waals surface area contributed by atoms with Crippen LogP contribution in [0.5, 0.6) is 5.75 Å². The zero-order chi connectivity index (χ0) is 22.2. The highest BCUT2D eigenvalue weighted by Crippen LogP contribution is 2.34. The van der Waals surface area contributed by atoms with Gasteiger partial charge in [0.2, 0.25) is 10.0 Å². The fraction of sp³-hybridized carbons (Fsp3) is 0.458. The highest BCUT2D eigenvalue weighted by Gasteiger charge is 2.33. The van der Waals surface area contributed by atoms with E-state index in [9.17, 15) is 13.2 Å². The topological polar surface area (TPSA) is 75.7 Å². The number of carbonyl (C=O) groups is 1. The van der Waals surface area contributed by atoms with Crippen molar-refractivity contribution in [2.24, 2.45) is 5.92 Å². The quantitative estimate of drug-likeness (QED) is 0.755. The highest BCUT2D eigenvalue weighted by atomic mass is 32.2. The molecule has 6 nitrogen and oxygen atoms in total. The van der Waals surface area contributed by atoms with E-state index in [1.165, 1.54) is 13.2 Å². The Kier molecular flexibility index (Phi) is 6.08. The Bertz CT molecular complexity index is 1080. The van der Waals surface area contributed by atoms with Crippen LogP contribution in [0.1, 0.15) is 55.5 Å². The smallest absolute Gasteiger partial charge is 0.258 e. The molecule has 2 aliphatic rings. The van der Waals surface area contributed by atoms with Gasteiger partial charge in [0.05, 0.1) is 7.11 Å². The van der Waals surface area contributed by atoms with Gasteiger partial charge >= 0.3 is 0 Å². The van der Waals surface area contributed by atoms with Gasteiger partial charge in [0.1, 0.15) is 10.6 Å². The molecule has 1 heterocycles. The first-order chi connectivity index (χ1) is 14.8. The van der Waals surface area contributed by atoms with Crippen LogP contribution in [0.3, 0.4) is 0 Å². The van der Waals surface area contributed by atoms with Crippen LogP contribution in [-0.2, 0) is 16.4 Å². The molecule has 0 spiro atoms. The van der Waals surface area contributed by atoms with E-state index in [0.717, 1.165) is 43.4 Å². The number of nitrogens with zero attached hydrogens (tertiary/aromatic N) is 1. The van der Waals surface area contributed by atoms with Crippen LogP contribution in [0.4, 0.5) is 5.69 Å². The van der Waals surface area contributed by atoms with Crippen LogP contribution in [0.2, 0.25) is 0 Å². The lowest BCUT2D eigenvalue weighted by Crippen LogP contribution is -2.41. The monoisotopic (exact) mass is 442 g/mol. The fourth-order valence-electron chi connectivity index (χ4n) is 4.79. The van der Waals surface area contributed by atoms with Crippen molar-refractivity contribution in [3.05, 3.63) is 53.6 Å². The predicted octanol–water partition coefficient (Wildman–Crippen LogP) is 4.14. The summed E-state index contributed by atoms with van der Waals surface area (Å²) >= 11 is 0. The van der Waals surface area contributed by atoms with Crippen molar-refractivity contribution in [3.8, 4) is 5.75 Å². The average molecular weight is 443 g/mol. The fourth-order valence-corrected chi connectivity index (χ4v) is 6.36. The van der Waals surface area contributed by atoms with Gasteiger partial charge in [-0.15, -0.1) is 0 Å². The lowest BCUT2D eigenvalue weighted by molar-refractivity contribution is 0.0981. The number of amides is 1. The van der Waals surface area contributed by atoms with E-state index in [0.29, 0.717) is 5.56 Å². The molecule has 4 rings (SSSR count). The zero-order valence-electron chi connectivity index (χ0n) is 18.3. The molecule has 1 fully saturated rings. The number of fused-ring (bicyclic) bond motifs is 1. The maximum Gasteiger partial charge on any atom is 0.258 e. The van der Waals surface area contributed by atoms with Gasteiger partial charge in [-0.1, -0.05) is 38.0 Å². The van der Waals surface area contributed by atoms with Crippen LogP contribution < -0.4 is 14.4 Å². The van der Waals surface area contributed by atoms with Gasteiger partial charge in [-0.25, -0.2) is 13.1 Å². The number of hydrogen-bond acceptors (Lipinski definition) is 4.